The Hall–Kier alpha value is -2.41. The molecule has 124 valence electrons. The first-order chi connectivity index (χ1) is 12.0. The van der Waals surface area contributed by atoms with Crippen LogP contribution in [0, 0.1) is 10.5 Å². The fraction of sp³-hybridized carbons (Fsp3) is 0.100. The smallest absolute Gasteiger partial charge is 0.259 e. The van der Waals surface area contributed by atoms with Crippen LogP contribution in [-0.4, -0.2) is 18.4 Å². The van der Waals surface area contributed by atoms with Crippen LogP contribution in [0.5, 0.6) is 0 Å². The number of hydrogen-bond acceptors (Lipinski definition) is 2. The van der Waals surface area contributed by atoms with Gasteiger partial charge in [-0.1, -0.05) is 24.3 Å². The van der Waals surface area contributed by atoms with E-state index in [9.17, 15) is 9.59 Å². The Bertz CT molecular complexity index is 1020. The Morgan fingerprint density at radius 2 is 1.88 bits per heavy atom. The molecule has 0 saturated heterocycles. The number of benzene rings is 3. The van der Waals surface area contributed by atoms with E-state index in [-0.39, 0.29) is 18.4 Å². The molecule has 4 nitrogen and oxygen atoms in total. The quantitative estimate of drug-likeness (QED) is 0.614. The van der Waals surface area contributed by atoms with Gasteiger partial charge in [0, 0.05) is 20.2 Å². The van der Waals surface area contributed by atoms with Gasteiger partial charge in [-0.3, -0.25) is 14.5 Å². The highest BCUT2D eigenvalue weighted by Crippen LogP contribution is 2.36. The third-order valence-corrected chi connectivity index (χ3v) is 5.08. The van der Waals surface area contributed by atoms with E-state index in [2.05, 4.69) is 27.9 Å². The maximum absolute atomic E-state index is 12.7. The molecule has 0 atom stereocenters. The number of carbonyl (C=O) groups excluding carboxylic acids is 2. The first kappa shape index (κ1) is 16.1. The normalized spacial score (nSPS) is 12.7. The highest BCUT2D eigenvalue weighted by molar-refractivity contribution is 14.1. The molecule has 4 rings (SSSR count). The molecule has 2 amide bonds. The Morgan fingerprint density at radius 1 is 1.12 bits per heavy atom. The van der Waals surface area contributed by atoms with Gasteiger partial charge in [-0.2, -0.15) is 0 Å². The fourth-order valence-electron chi connectivity index (χ4n) is 3.24. The zero-order valence-corrected chi connectivity index (χ0v) is 15.7. The maximum Gasteiger partial charge on any atom is 0.259 e. The number of carbonyl (C=O) groups is 2. The maximum atomic E-state index is 12.7. The molecule has 0 bridgehead atoms. The number of amides is 2. The number of nitrogens with one attached hydrogen (secondary N) is 1. The van der Waals surface area contributed by atoms with Crippen LogP contribution in [0.2, 0.25) is 0 Å². The van der Waals surface area contributed by atoms with Crippen molar-refractivity contribution in [3.63, 3.8) is 0 Å². The Morgan fingerprint density at radius 3 is 2.64 bits per heavy atom. The minimum atomic E-state index is -0.206. The largest absolute Gasteiger partial charge is 0.324 e. The zero-order valence-electron chi connectivity index (χ0n) is 13.5. The Balaban J connectivity index is 1.61. The van der Waals surface area contributed by atoms with Crippen molar-refractivity contribution in [2.75, 3.05) is 16.8 Å². The van der Waals surface area contributed by atoms with Crippen molar-refractivity contribution in [2.24, 2.45) is 0 Å². The Kier molecular flexibility index (Phi) is 3.95. The molecular formula is C20H15IN2O2. The zero-order chi connectivity index (χ0) is 17.6. The van der Waals surface area contributed by atoms with Gasteiger partial charge >= 0.3 is 0 Å². The summed E-state index contributed by atoms with van der Waals surface area (Å²) in [4.78, 5) is 26.8. The summed E-state index contributed by atoms with van der Waals surface area (Å²) in [6.45, 7) is 1.95. The first-order valence-corrected chi connectivity index (χ1v) is 9.02. The van der Waals surface area contributed by atoms with Gasteiger partial charge in [0.25, 0.3) is 5.91 Å². The van der Waals surface area contributed by atoms with E-state index in [0.29, 0.717) is 5.56 Å². The van der Waals surface area contributed by atoms with E-state index >= 15 is 0 Å². The van der Waals surface area contributed by atoms with E-state index in [4.69, 9.17) is 0 Å². The number of aryl methyl sites for hydroxylation is 1. The van der Waals surface area contributed by atoms with Gasteiger partial charge in [-0.25, -0.2) is 0 Å². The van der Waals surface area contributed by atoms with E-state index in [1.165, 1.54) is 0 Å². The highest BCUT2D eigenvalue weighted by Gasteiger charge is 2.30. The van der Waals surface area contributed by atoms with Gasteiger partial charge in [0.2, 0.25) is 5.91 Å². The summed E-state index contributed by atoms with van der Waals surface area (Å²) in [5.74, 6) is -0.330. The number of nitrogens with zero attached hydrogens (tertiary/aromatic N) is 1. The van der Waals surface area contributed by atoms with E-state index < -0.39 is 0 Å². The molecule has 0 spiro atoms. The SMILES string of the molecule is Cc1cc(I)ccc1NC(=O)CN1C(=O)c2cccc3cccc1c23. The van der Waals surface area contributed by atoms with Gasteiger partial charge in [0.15, 0.2) is 0 Å². The lowest BCUT2D eigenvalue weighted by molar-refractivity contribution is -0.114. The molecule has 1 aliphatic rings. The minimum Gasteiger partial charge on any atom is -0.324 e. The molecule has 0 aliphatic carbocycles. The summed E-state index contributed by atoms with van der Waals surface area (Å²) < 4.78 is 1.12. The van der Waals surface area contributed by atoms with Gasteiger partial charge in [0.05, 0.1) is 5.69 Å². The molecule has 0 aromatic heterocycles. The summed E-state index contributed by atoms with van der Waals surface area (Å²) in [6, 6.07) is 17.3. The molecule has 25 heavy (non-hydrogen) atoms. The number of rotatable bonds is 3. The second-order valence-corrected chi connectivity index (χ2v) is 7.33. The molecule has 0 radical (unpaired) electrons. The summed E-state index contributed by atoms with van der Waals surface area (Å²) in [6.07, 6.45) is 0. The van der Waals surface area contributed by atoms with Crippen LogP contribution < -0.4 is 10.2 Å². The predicted molar refractivity (Wildman–Crippen MR) is 108 cm³/mol. The molecule has 3 aromatic rings. The van der Waals surface area contributed by atoms with Crippen molar-refractivity contribution in [3.05, 3.63) is 69.3 Å². The second kappa shape index (κ2) is 6.15. The van der Waals surface area contributed by atoms with Crippen LogP contribution in [-0.2, 0) is 4.79 Å². The molecule has 5 heteroatoms. The van der Waals surface area contributed by atoms with Crippen LogP contribution in [0.3, 0.4) is 0 Å². The highest BCUT2D eigenvalue weighted by atomic mass is 127. The molecule has 0 saturated carbocycles. The lowest BCUT2D eigenvalue weighted by atomic mass is 10.1. The van der Waals surface area contributed by atoms with E-state index in [1.807, 2.05) is 61.5 Å². The average molecular weight is 442 g/mol. The standard InChI is InChI=1S/C20H15IN2O2/c1-12-10-14(21)8-9-16(12)22-18(24)11-23-17-7-3-5-13-4-2-6-15(19(13)17)20(23)25/h2-10H,11H2,1H3,(H,22,24). The van der Waals surface area contributed by atoms with Gasteiger partial charge < -0.3 is 5.32 Å². The fourth-order valence-corrected chi connectivity index (χ4v) is 3.88. The summed E-state index contributed by atoms with van der Waals surface area (Å²) >= 11 is 2.24. The van der Waals surface area contributed by atoms with Gasteiger partial charge in [-0.15, -0.1) is 0 Å². The average Bonchev–Trinajstić information content (AvgIpc) is 2.86. The second-order valence-electron chi connectivity index (χ2n) is 6.08. The van der Waals surface area contributed by atoms with Crippen molar-refractivity contribution in [1.29, 1.82) is 0 Å². The van der Waals surface area contributed by atoms with Crippen molar-refractivity contribution < 1.29 is 9.59 Å². The van der Waals surface area contributed by atoms with Crippen LogP contribution in [0.25, 0.3) is 10.8 Å². The molecule has 3 aromatic carbocycles. The van der Waals surface area contributed by atoms with Crippen LogP contribution in [0.4, 0.5) is 11.4 Å². The third kappa shape index (κ3) is 2.78. The third-order valence-electron chi connectivity index (χ3n) is 4.41. The van der Waals surface area contributed by atoms with Crippen molar-refractivity contribution >= 4 is 56.6 Å². The van der Waals surface area contributed by atoms with Gasteiger partial charge in [-0.05, 0) is 70.8 Å². The molecule has 0 unspecified atom stereocenters. The monoisotopic (exact) mass is 442 g/mol. The molecular weight excluding hydrogens is 427 g/mol. The summed E-state index contributed by atoms with van der Waals surface area (Å²) in [5, 5.41) is 4.85. The van der Waals surface area contributed by atoms with Crippen LogP contribution in [0.15, 0.2) is 54.6 Å². The topological polar surface area (TPSA) is 49.4 Å². The Labute approximate surface area is 159 Å². The molecule has 1 aliphatic heterocycles. The minimum absolute atomic E-state index is 0.00193. The lowest BCUT2D eigenvalue weighted by Gasteiger charge is -2.18. The number of hydrogen-bond donors (Lipinski definition) is 1. The lowest BCUT2D eigenvalue weighted by Crippen LogP contribution is -2.35. The van der Waals surface area contributed by atoms with Crippen LogP contribution >= 0.6 is 22.6 Å². The van der Waals surface area contributed by atoms with E-state index in [0.717, 1.165) is 31.3 Å². The van der Waals surface area contributed by atoms with E-state index in [1.54, 1.807) is 4.90 Å². The molecule has 1 heterocycles. The number of halogens is 1. The summed E-state index contributed by atoms with van der Waals surface area (Å²) in [7, 11) is 0. The predicted octanol–water partition coefficient (Wildman–Crippen LogP) is 4.35. The summed E-state index contributed by atoms with van der Waals surface area (Å²) in [5.41, 5.74) is 3.23. The van der Waals surface area contributed by atoms with Crippen molar-refractivity contribution in [2.45, 2.75) is 6.92 Å². The first-order valence-electron chi connectivity index (χ1n) is 7.94. The number of anilines is 2. The van der Waals surface area contributed by atoms with Crippen molar-refractivity contribution in [1.82, 2.24) is 0 Å². The molecule has 1 N–H and O–H groups in total. The van der Waals surface area contributed by atoms with Crippen molar-refractivity contribution in [3.8, 4) is 0 Å². The van der Waals surface area contributed by atoms with Crippen LogP contribution in [0.1, 0.15) is 15.9 Å². The molecule has 0 fully saturated rings. The van der Waals surface area contributed by atoms with Gasteiger partial charge in [0.1, 0.15) is 6.54 Å².